The third-order valence-electron chi connectivity index (χ3n) is 2.17. The Kier molecular flexibility index (Phi) is 3.61. The van der Waals surface area contributed by atoms with Crippen LogP contribution < -0.4 is 5.32 Å². The van der Waals surface area contributed by atoms with E-state index in [2.05, 4.69) is 34.3 Å². The van der Waals surface area contributed by atoms with Gasteiger partial charge in [0.1, 0.15) is 6.33 Å². The van der Waals surface area contributed by atoms with Crippen molar-refractivity contribution in [3.8, 4) is 0 Å². The first-order valence-electron chi connectivity index (χ1n) is 5.30. The van der Waals surface area contributed by atoms with E-state index in [9.17, 15) is 0 Å². The van der Waals surface area contributed by atoms with Crippen molar-refractivity contribution in [2.24, 2.45) is 0 Å². The molecule has 5 nitrogen and oxygen atoms in total. The van der Waals surface area contributed by atoms with E-state index in [4.69, 9.17) is 0 Å². The van der Waals surface area contributed by atoms with Crippen LogP contribution in [0.5, 0.6) is 0 Å². The second-order valence-corrected chi connectivity index (χ2v) is 4.86. The first-order valence-corrected chi connectivity index (χ1v) is 6.45. The highest BCUT2D eigenvalue weighted by Gasteiger charge is 2.07. The molecule has 2 heterocycles. The van der Waals surface area contributed by atoms with Gasteiger partial charge in [0, 0.05) is 24.2 Å². The summed E-state index contributed by atoms with van der Waals surface area (Å²) in [6.07, 6.45) is 5.26. The molecular formula is C10H15N5S. The molecule has 0 amide bonds. The molecule has 0 bridgehead atoms. The van der Waals surface area contributed by atoms with Gasteiger partial charge in [-0.3, -0.25) is 4.40 Å². The van der Waals surface area contributed by atoms with Gasteiger partial charge in [-0.1, -0.05) is 6.92 Å². The van der Waals surface area contributed by atoms with E-state index in [1.54, 1.807) is 12.5 Å². The van der Waals surface area contributed by atoms with Gasteiger partial charge < -0.3 is 5.32 Å². The van der Waals surface area contributed by atoms with Crippen molar-refractivity contribution < 1.29 is 0 Å². The molecule has 2 rings (SSSR count). The van der Waals surface area contributed by atoms with Crippen LogP contribution in [-0.2, 0) is 0 Å². The highest BCUT2D eigenvalue weighted by molar-refractivity contribution is 7.99. The molecule has 0 radical (unpaired) electrons. The molecule has 0 saturated heterocycles. The SMILES string of the molecule is CCSCC(C)Nc1nccn2cnnc12. The molecule has 0 saturated carbocycles. The largest absolute Gasteiger partial charge is 0.364 e. The number of aromatic nitrogens is 4. The monoisotopic (exact) mass is 237 g/mol. The second kappa shape index (κ2) is 5.16. The normalized spacial score (nSPS) is 12.9. The first kappa shape index (κ1) is 11.2. The minimum absolute atomic E-state index is 0.375. The van der Waals surface area contributed by atoms with E-state index >= 15 is 0 Å². The Morgan fingerprint density at radius 2 is 2.44 bits per heavy atom. The Labute approximate surface area is 98.7 Å². The zero-order chi connectivity index (χ0) is 11.4. The molecule has 2 aromatic rings. The van der Waals surface area contributed by atoms with Crippen LogP contribution in [0.15, 0.2) is 18.7 Å². The number of anilines is 1. The van der Waals surface area contributed by atoms with Gasteiger partial charge in [0.05, 0.1) is 0 Å². The van der Waals surface area contributed by atoms with Gasteiger partial charge in [-0.2, -0.15) is 11.8 Å². The molecule has 0 aromatic carbocycles. The third kappa shape index (κ3) is 2.44. The van der Waals surface area contributed by atoms with E-state index < -0.39 is 0 Å². The van der Waals surface area contributed by atoms with Crippen LogP contribution in [0.1, 0.15) is 13.8 Å². The highest BCUT2D eigenvalue weighted by Crippen LogP contribution is 2.12. The fourth-order valence-corrected chi connectivity index (χ4v) is 2.10. The zero-order valence-corrected chi connectivity index (χ0v) is 10.2. The highest BCUT2D eigenvalue weighted by atomic mass is 32.2. The third-order valence-corrected chi connectivity index (χ3v) is 3.31. The molecule has 1 atom stereocenters. The van der Waals surface area contributed by atoms with Crippen LogP contribution in [0.3, 0.4) is 0 Å². The average Bonchev–Trinajstić information content (AvgIpc) is 2.75. The average molecular weight is 237 g/mol. The summed E-state index contributed by atoms with van der Waals surface area (Å²) in [4.78, 5) is 4.28. The molecule has 0 aliphatic rings. The topological polar surface area (TPSA) is 55.1 Å². The summed E-state index contributed by atoms with van der Waals surface area (Å²) >= 11 is 1.91. The minimum Gasteiger partial charge on any atom is -0.364 e. The second-order valence-electron chi connectivity index (χ2n) is 3.54. The van der Waals surface area contributed by atoms with E-state index in [0.717, 1.165) is 23.0 Å². The standard InChI is InChI=1S/C10H15N5S/c1-3-16-6-8(2)13-9-10-14-12-7-15(10)5-4-11-9/h4-5,7-8H,3,6H2,1-2H3,(H,11,13). The summed E-state index contributed by atoms with van der Waals surface area (Å²) < 4.78 is 1.86. The minimum atomic E-state index is 0.375. The van der Waals surface area contributed by atoms with Gasteiger partial charge in [-0.05, 0) is 12.7 Å². The van der Waals surface area contributed by atoms with E-state index in [1.165, 1.54) is 0 Å². The van der Waals surface area contributed by atoms with Gasteiger partial charge in [-0.15, -0.1) is 10.2 Å². The van der Waals surface area contributed by atoms with E-state index in [0.29, 0.717) is 6.04 Å². The fourth-order valence-electron chi connectivity index (χ4n) is 1.43. The van der Waals surface area contributed by atoms with Crippen LogP contribution in [0, 0.1) is 0 Å². The summed E-state index contributed by atoms with van der Waals surface area (Å²) in [6.45, 7) is 4.30. The maximum absolute atomic E-state index is 4.28. The van der Waals surface area contributed by atoms with Crippen molar-refractivity contribution in [1.82, 2.24) is 19.6 Å². The zero-order valence-electron chi connectivity index (χ0n) is 9.42. The molecule has 6 heteroatoms. The number of fused-ring (bicyclic) bond motifs is 1. The van der Waals surface area contributed by atoms with Crippen molar-refractivity contribution in [2.45, 2.75) is 19.9 Å². The molecule has 2 aromatic heterocycles. The number of hydrogen-bond acceptors (Lipinski definition) is 5. The Balaban J connectivity index is 2.11. The number of rotatable bonds is 5. The van der Waals surface area contributed by atoms with E-state index in [-0.39, 0.29) is 0 Å². The lowest BCUT2D eigenvalue weighted by Crippen LogP contribution is -2.19. The van der Waals surface area contributed by atoms with Gasteiger partial charge in [0.25, 0.3) is 0 Å². The van der Waals surface area contributed by atoms with Crippen molar-refractivity contribution in [3.63, 3.8) is 0 Å². The van der Waals surface area contributed by atoms with Crippen molar-refractivity contribution in [2.75, 3.05) is 16.8 Å². The molecule has 0 fully saturated rings. The number of nitrogens with zero attached hydrogens (tertiary/aromatic N) is 4. The lowest BCUT2D eigenvalue weighted by Gasteiger charge is -2.13. The van der Waals surface area contributed by atoms with Crippen molar-refractivity contribution in [3.05, 3.63) is 18.7 Å². The van der Waals surface area contributed by atoms with Gasteiger partial charge in [-0.25, -0.2) is 4.98 Å². The van der Waals surface area contributed by atoms with Gasteiger partial charge in [0.15, 0.2) is 5.82 Å². The Morgan fingerprint density at radius 3 is 3.25 bits per heavy atom. The van der Waals surface area contributed by atoms with Crippen LogP contribution in [-0.4, -0.2) is 37.1 Å². The summed E-state index contributed by atoms with van der Waals surface area (Å²) in [6, 6.07) is 0.375. The molecule has 86 valence electrons. The quantitative estimate of drug-likeness (QED) is 0.857. The van der Waals surface area contributed by atoms with E-state index in [1.807, 2.05) is 22.4 Å². The summed E-state index contributed by atoms with van der Waals surface area (Å²) in [5.74, 6) is 2.99. The summed E-state index contributed by atoms with van der Waals surface area (Å²) in [5.41, 5.74) is 0.774. The molecule has 0 aliphatic heterocycles. The molecule has 0 spiro atoms. The Morgan fingerprint density at radius 1 is 1.56 bits per heavy atom. The molecular weight excluding hydrogens is 222 g/mol. The number of thioether (sulfide) groups is 1. The summed E-state index contributed by atoms with van der Waals surface area (Å²) in [5, 5.41) is 11.2. The molecule has 16 heavy (non-hydrogen) atoms. The maximum atomic E-state index is 4.28. The smallest absolute Gasteiger partial charge is 0.203 e. The van der Waals surface area contributed by atoms with Crippen molar-refractivity contribution >= 4 is 23.2 Å². The lowest BCUT2D eigenvalue weighted by molar-refractivity contribution is 0.899. The van der Waals surface area contributed by atoms with Gasteiger partial charge in [0.2, 0.25) is 5.65 Å². The Bertz CT molecular complexity index is 455. The summed E-state index contributed by atoms with van der Waals surface area (Å²) in [7, 11) is 0. The van der Waals surface area contributed by atoms with Crippen molar-refractivity contribution in [1.29, 1.82) is 0 Å². The van der Waals surface area contributed by atoms with Crippen LogP contribution in [0.4, 0.5) is 5.82 Å². The predicted molar refractivity (Wildman–Crippen MR) is 66.9 cm³/mol. The molecule has 0 aliphatic carbocycles. The van der Waals surface area contributed by atoms with Crippen LogP contribution >= 0.6 is 11.8 Å². The first-order chi connectivity index (χ1) is 7.81. The van der Waals surface area contributed by atoms with Crippen LogP contribution in [0.25, 0.3) is 5.65 Å². The predicted octanol–water partition coefficient (Wildman–Crippen LogP) is 1.68. The maximum Gasteiger partial charge on any atom is 0.203 e. The number of nitrogens with one attached hydrogen (secondary N) is 1. The fraction of sp³-hybridized carbons (Fsp3) is 0.500. The Hall–Kier alpha value is -1.30. The lowest BCUT2D eigenvalue weighted by atomic mass is 10.4. The number of hydrogen-bond donors (Lipinski definition) is 1. The van der Waals surface area contributed by atoms with Crippen LogP contribution in [0.2, 0.25) is 0 Å². The van der Waals surface area contributed by atoms with Gasteiger partial charge >= 0.3 is 0 Å². The molecule has 1 N–H and O–H groups in total. The molecule has 1 unspecified atom stereocenters.